The Morgan fingerprint density at radius 1 is 1.61 bits per heavy atom. The van der Waals surface area contributed by atoms with Gasteiger partial charge in [-0.05, 0) is 38.7 Å². The maximum absolute atomic E-state index is 12.4. The fourth-order valence-corrected chi connectivity index (χ4v) is 3.03. The monoisotopic (exact) mass is 268 g/mol. The maximum Gasteiger partial charge on any atom is 0.264 e. The molecule has 3 N–H and O–H groups in total. The number of nitrogens with zero attached hydrogens (tertiary/aromatic N) is 1. The quantitative estimate of drug-likeness (QED) is 0.858. The van der Waals surface area contributed by atoms with Gasteiger partial charge in [-0.2, -0.15) is 0 Å². The van der Waals surface area contributed by atoms with E-state index in [-0.39, 0.29) is 12.5 Å². The highest BCUT2D eigenvalue weighted by Crippen LogP contribution is 2.30. The van der Waals surface area contributed by atoms with Gasteiger partial charge in [0.25, 0.3) is 5.91 Å². The van der Waals surface area contributed by atoms with Gasteiger partial charge in [0.05, 0.1) is 4.88 Å². The average Bonchev–Trinajstić information content (AvgIpc) is 2.61. The van der Waals surface area contributed by atoms with Crippen molar-refractivity contribution in [3.05, 3.63) is 15.8 Å². The topological polar surface area (TPSA) is 66.6 Å². The van der Waals surface area contributed by atoms with Gasteiger partial charge in [-0.15, -0.1) is 11.3 Å². The molecule has 0 aliphatic heterocycles. The van der Waals surface area contributed by atoms with Crippen LogP contribution in [0, 0.1) is 6.92 Å². The smallest absolute Gasteiger partial charge is 0.264 e. The lowest BCUT2D eigenvalue weighted by Gasteiger charge is -2.37. The van der Waals surface area contributed by atoms with Gasteiger partial charge in [-0.3, -0.25) is 4.79 Å². The molecule has 1 aliphatic rings. The van der Waals surface area contributed by atoms with Gasteiger partial charge in [0.2, 0.25) is 0 Å². The van der Waals surface area contributed by atoms with Crippen LogP contribution in [0.5, 0.6) is 0 Å². The molecule has 1 fully saturated rings. The van der Waals surface area contributed by atoms with Crippen molar-refractivity contribution in [3.8, 4) is 0 Å². The number of amides is 1. The molecular weight excluding hydrogens is 248 g/mol. The molecule has 0 saturated heterocycles. The molecule has 1 heterocycles. The van der Waals surface area contributed by atoms with Crippen molar-refractivity contribution < 1.29 is 9.90 Å². The predicted octanol–water partition coefficient (Wildman–Crippen LogP) is 2.02. The molecule has 1 aromatic rings. The SMILES string of the molecule is Cc1sc(C(=O)N(CCCO)C2CCC2)cc1N. The Bertz CT molecular complexity index is 407. The number of nitrogens with two attached hydrogens (primary N) is 1. The molecular formula is C13H20N2O2S. The molecule has 0 unspecified atom stereocenters. The maximum atomic E-state index is 12.4. The zero-order valence-corrected chi connectivity index (χ0v) is 11.5. The summed E-state index contributed by atoms with van der Waals surface area (Å²) in [6.07, 6.45) is 4.00. The number of aliphatic hydroxyl groups excluding tert-OH is 1. The normalized spacial score (nSPS) is 15.4. The molecule has 2 rings (SSSR count). The van der Waals surface area contributed by atoms with Crippen molar-refractivity contribution in [2.24, 2.45) is 0 Å². The van der Waals surface area contributed by atoms with E-state index in [1.807, 2.05) is 11.8 Å². The highest BCUT2D eigenvalue weighted by Gasteiger charge is 2.29. The Morgan fingerprint density at radius 3 is 2.78 bits per heavy atom. The predicted molar refractivity (Wildman–Crippen MR) is 73.8 cm³/mol. The van der Waals surface area contributed by atoms with Gasteiger partial charge in [0.15, 0.2) is 0 Å². The van der Waals surface area contributed by atoms with Crippen LogP contribution in [-0.2, 0) is 0 Å². The Morgan fingerprint density at radius 2 is 2.33 bits per heavy atom. The van der Waals surface area contributed by atoms with E-state index in [9.17, 15) is 4.79 Å². The van der Waals surface area contributed by atoms with Crippen LogP contribution < -0.4 is 5.73 Å². The van der Waals surface area contributed by atoms with Crippen LogP contribution in [0.15, 0.2) is 6.07 Å². The minimum Gasteiger partial charge on any atom is -0.398 e. The number of thiophene rings is 1. The largest absolute Gasteiger partial charge is 0.398 e. The van der Waals surface area contributed by atoms with Gasteiger partial charge in [-0.1, -0.05) is 0 Å². The third kappa shape index (κ3) is 2.67. The van der Waals surface area contributed by atoms with Crippen LogP contribution in [-0.4, -0.2) is 35.1 Å². The second kappa shape index (κ2) is 5.71. The summed E-state index contributed by atoms with van der Waals surface area (Å²) in [6.45, 7) is 2.69. The first-order chi connectivity index (χ1) is 8.63. The van der Waals surface area contributed by atoms with Crippen molar-refractivity contribution >= 4 is 22.9 Å². The highest BCUT2D eigenvalue weighted by atomic mass is 32.1. The zero-order chi connectivity index (χ0) is 13.1. The van der Waals surface area contributed by atoms with Crippen molar-refractivity contribution in [1.82, 2.24) is 4.90 Å². The van der Waals surface area contributed by atoms with Crippen LogP contribution in [0.4, 0.5) is 5.69 Å². The van der Waals surface area contributed by atoms with E-state index in [0.717, 1.165) is 22.6 Å². The number of rotatable bonds is 5. The lowest BCUT2D eigenvalue weighted by atomic mass is 9.91. The fraction of sp³-hybridized carbons (Fsp3) is 0.615. The number of carbonyl (C=O) groups is 1. The summed E-state index contributed by atoms with van der Waals surface area (Å²) in [5.74, 6) is 0.0675. The molecule has 1 amide bonds. The van der Waals surface area contributed by atoms with Crippen molar-refractivity contribution in [1.29, 1.82) is 0 Å². The van der Waals surface area contributed by atoms with Crippen LogP contribution >= 0.6 is 11.3 Å². The van der Waals surface area contributed by atoms with E-state index in [2.05, 4.69) is 0 Å². The summed E-state index contributed by atoms with van der Waals surface area (Å²) in [5, 5.41) is 8.93. The van der Waals surface area contributed by atoms with E-state index in [4.69, 9.17) is 10.8 Å². The Hall–Kier alpha value is -1.07. The molecule has 5 heteroatoms. The summed E-state index contributed by atoms with van der Waals surface area (Å²) in [5.41, 5.74) is 6.49. The minimum atomic E-state index is 0.0675. The number of anilines is 1. The van der Waals surface area contributed by atoms with Crippen LogP contribution in [0.3, 0.4) is 0 Å². The zero-order valence-electron chi connectivity index (χ0n) is 10.7. The minimum absolute atomic E-state index is 0.0675. The van der Waals surface area contributed by atoms with E-state index < -0.39 is 0 Å². The molecule has 100 valence electrons. The van der Waals surface area contributed by atoms with E-state index in [0.29, 0.717) is 24.7 Å². The first-order valence-corrected chi connectivity index (χ1v) is 7.23. The molecule has 18 heavy (non-hydrogen) atoms. The molecule has 0 bridgehead atoms. The first-order valence-electron chi connectivity index (χ1n) is 6.41. The molecule has 0 spiro atoms. The summed E-state index contributed by atoms with van der Waals surface area (Å²) >= 11 is 1.46. The molecule has 0 atom stereocenters. The number of hydrogen-bond acceptors (Lipinski definition) is 4. The number of nitrogen functional groups attached to an aromatic ring is 1. The number of aliphatic hydroxyl groups is 1. The number of hydrogen-bond donors (Lipinski definition) is 2. The summed E-state index contributed by atoms with van der Waals surface area (Å²) < 4.78 is 0. The number of aryl methyl sites for hydroxylation is 1. The molecule has 0 radical (unpaired) electrons. The van der Waals surface area contributed by atoms with Crippen LogP contribution in [0.1, 0.15) is 40.2 Å². The van der Waals surface area contributed by atoms with Crippen molar-refractivity contribution in [2.45, 2.75) is 38.6 Å². The highest BCUT2D eigenvalue weighted by molar-refractivity contribution is 7.14. The Kier molecular flexibility index (Phi) is 4.24. The number of carbonyl (C=O) groups excluding carboxylic acids is 1. The summed E-state index contributed by atoms with van der Waals surface area (Å²) in [7, 11) is 0. The van der Waals surface area contributed by atoms with Gasteiger partial charge in [0.1, 0.15) is 0 Å². The van der Waals surface area contributed by atoms with Gasteiger partial charge < -0.3 is 15.7 Å². The molecule has 4 nitrogen and oxygen atoms in total. The van der Waals surface area contributed by atoms with E-state index >= 15 is 0 Å². The second-order valence-corrected chi connectivity index (χ2v) is 6.04. The Balaban J connectivity index is 2.11. The fourth-order valence-electron chi connectivity index (χ4n) is 2.13. The van der Waals surface area contributed by atoms with Crippen LogP contribution in [0.25, 0.3) is 0 Å². The third-order valence-electron chi connectivity index (χ3n) is 3.50. The standard InChI is InChI=1S/C13H20N2O2S/c1-9-11(14)8-12(18-9)13(17)15(6-3-7-16)10-4-2-5-10/h8,10,16H,2-7,14H2,1H3. The summed E-state index contributed by atoms with van der Waals surface area (Å²) in [4.78, 5) is 16.1. The van der Waals surface area contributed by atoms with Gasteiger partial charge >= 0.3 is 0 Å². The van der Waals surface area contributed by atoms with E-state index in [1.54, 1.807) is 6.07 Å². The summed E-state index contributed by atoms with van der Waals surface area (Å²) in [6, 6.07) is 2.13. The molecule has 0 aromatic carbocycles. The van der Waals surface area contributed by atoms with Crippen molar-refractivity contribution in [3.63, 3.8) is 0 Å². The lowest BCUT2D eigenvalue weighted by molar-refractivity contribution is 0.0567. The molecule has 1 aromatic heterocycles. The molecule has 1 saturated carbocycles. The first kappa shape index (κ1) is 13.4. The van der Waals surface area contributed by atoms with Crippen molar-refractivity contribution in [2.75, 3.05) is 18.9 Å². The molecule has 1 aliphatic carbocycles. The Labute approximate surface area is 111 Å². The van der Waals surface area contributed by atoms with Crippen LogP contribution in [0.2, 0.25) is 0 Å². The lowest BCUT2D eigenvalue weighted by Crippen LogP contribution is -2.44. The van der Waals surface area contributed by atoms with E-state index in [1.165, 1.54) is 17.8 Å². The van der Waals surface area contributed by atoms with Gasteiger partial charge in [-0.25, -0.2) is 0 Å². The second-order valence-electron chi connectivity index (χ2n) is 4.78. The average molecular weight is 268 g/mol. The van der Waals surface area contributed by atoms with Gasteiger partial charge in [0, 0.05) is 29.8 Å². The third-order valence-corrected chi connectivity index (χ3v) is 4.55.